The van der Waals surface area contributed by atoms with Gasteiger partial charge in [0.1, 0.15) is 0 Å². The van der Waals surface area contributed by atoms with Crippen molar-refractivity contribution >= 4 is 60.1 Å². The number of nitrogens with one attached hydrogen (secondary N) is 1. The Kier molecular flexibility index (Phi) is 4.71. The van der Waals surface area contributed by atoms with Crippen molar-refractivity contribution in [3.8, 4) is 0 Å². The van der Waals surface area contributed by atoms with Crippen LogP contribution in [0.4, 0.5) is 5.69 Å². The van der Waals surface area contributed by atoms with Gasteiger partial charge in [0.25, 0.3) is 0 Å². The first-order valence-corrected chi connectivity index (χ1v) is 8.02. The molecule has 0 saturated carbocycles. The van der Waals surface area contributed by atoms with Gasteiger partial charge in [-0.1, -0.05) is 0 Å². The molecule has 0 bridgehead atoms. The predicted molar refractivity (Wildman–Crippen MR) is 89.8 cm³/mol. The number of benzene rings is 1. The van der Waals surface area contributed by atoms with E-state index in [9.17, 15) is 0 Å². The van der Waals surface area contributed by atoms with Crippen molar-refractivity contribution in [3.05, 3.63) is 42.1 Å². The van der Waals surface area contributed by atoms with Crippen LogP contribution >= 0.6 is 54.5 Å². The summed E-state index contributed by atoms with van der Waals surface area (Å²) in [4.78, 5) is 0. The number of rotatable bonds is 3. The Labute approximate surface area is 137 Å². The van der Waals surface area contributed by atoms with Crippen molar-refractivity contribution in [2.24, 2.45) is 7.05 Å². The van der Waals surface area contributed by atoms with Gasteiger partial charge in [0.2, 0.25) is 0 Å². The number of aryl methyl sites for hydroxylation is 2. The second kappa shape index (κ2) is 5.92. The third kappa shape index (κ3) is 3.08. The second-order valence-corrected chi connectivity index (χ2v) is 6.84. The summed E-state index contributed by atoms with van der Waals surface area (Å²) < 4.78 is 5.25. The van der Waals surface area contributed by atoms with Crippen LogP contribution in [0.3, 0.4) is 0 Å². The monoisotopic (exact) mass is 483 g/mol. The van der Waals surface area contributed by atoms with E-state index in [-0.39, 0.29) is 0 Å². The molecule has 0 radical (unpaired) electrons. The Bertz CT molecular complexity index is 581. The zero-order valence-corrected chi connectivity index (χ0v) is 15.3. The van der Waals surface area contributed by atoms with Crippen molar-refractivity contribution in [3.63, 3.8) is 0 Å². The topological polar surface area (TPSA) is 29.9 Å². The van der Waals surface area contributed by atoms with Gasteiger partial charge in [0.05, 0.1) is 22.4 Å². The maximum atomic E-state index is 4.38. The van der Waals surface area contributed by atoms with E-state index in [1.165, 1.54) is 3.57 Å². The van der Waals surface area contributed by atoms with Gasteiger partial charge in [-0.15, -0.1) is 0 Å². The summed E-state index contributed by atoms with van der Waals surface area (Å²) >= 11 is 9.43. The van der Waals surface area contributed by atoms with E-state index in [0.29, 0.717) is 0 Å². The Morgan fingerprint density at radius 2 is 2.11 bits per heavy atom. The van der Waals surface area contributed by atoms with E-state index in [4.69, 9.17) is 0 Å². The van der Waals surface area contributed by atoms with Crippen LogP contribution < -0.4 is 5.32 Å². The molecule has 0 amide bonds. The van der Waals surface area contributed by atoms with Crippen LogP contribution in [-0.2, 0) is 13.6 Å². The fraction of sp³-hybridized carbons (Fsp3) is 0.250. The Balaban J connectivity index is 2.16. The SMILES string of the molecule is Cc1nn(C)c(CNc2ccc(I)cc2Br)c1Br. The van der Waals surface area contributed by atoms with E-state index in [1.807, 2.05) is 18.7 Å². The van der Waals surface area contributed by atoms with E-state index < -0.39 is 0 Å². The maximum absolute atomic E-state index is 4.38. The molecule has 18 heavy (non-hydrogen) atoms. The average Bonchev–Trinajstić information content (AvgIpc) is 2.53. The number of hydrogen-bond donors (Lipinski definition) is 1. The molecule has 0 saturated heterocycles. The molecule has 0 fully saturated rings. The molecule has 0 spiro atoms. The number of nitrogens with zero attached hydrogens (tertiary/aromatic N) is 2. The van der Waals surface area contributed by atoms with Crippen LogP contribution in [-0.4, -0.2) is 9.78 Å². The largest absolute Gasteiger partial charge is 0.378 e. The van der Waals surface area contributed by atoms with Crippen LogP contribution in [0.25, 0.3) is 0 Å². The molecule has 96 valence electrons. The van der Waals surface area contributed by atoms with Crippen LogP contribution in [0.15, 0.2) is 27.1 Å². The summed E-state index contributed by atoms with van der Waals surface area (Å²) in [5.74, 6) is 0. The lowest BCUT2D eigenvalue weighted by atomic mass is 10.3. The minimum Gasteiger partial charge on any atom is -0.378 e. The quantitative estimate of drug-likeness (QED) is 0.651. The van der Waals surface area contributed by atoms with Crippen molar-refractivity contribution in [1.82, 2.24) is 9.78 Å². The summed E-state index contributed by atoms with van der Waals surface area (Å²) in [6, 6.07) is 6.24. The maximum Gasteiger partial charge on any atom is 0.0739 e. The molecule has 0 aliphatic carbocycles. The third-order valence-corrected chi connectivity index (χ3v) is 5.00. The fourth-order valence-electron chi connectivity index (χ4n) is 1.68. The molecule has 2 aromatic rings. The molecule has 1 aromatic carbocycles. The van der Waals surface area contributed by atoms with Gasteiger partial charge >= 0.3 is 0 Å². The first-order valence-electron chi connectivity index (χ1n) is 5.36. The molecular weight excluding hydrogens is 473 g/mol. The van der Waals surface area contributed by atoms with E-state index >= 15 is 0 Å². The highest BCUT2D eigenvalue weighted by Gasteiger charge is 2.10. The highest BCUT2D eigenvalue weighted by Crippen LogP contribution is 2.26. The molecule has 6 heteroatoms. The van der Waals surface area contributed by atoms with Gasteiger partial charge in [-0.3, -0.25) is 4.68 Å². The zero-order valence-electron chi connectivity index (χ0n) is 9.97. The molecule has 0 aliphatic rings. The van der Waals surface area contributed by atoms with E-state index in [1.54, 1.807) is 0 Å². The lowest BCUT2D eigenvalue weighted by molar-refractivity contribution is 0.712. The van der Waals surface area contributed by atoms with E-state index in [0.717, 1.165) is 32.6 Å². The molecule has 0 aliphatic heterocycles. The van der Waals surface area contributed by atoms with Gasteiger partial charge in [-0.25, -0.2) is 0 Å². The fourth-order valence-corrected chi connectivity index (χ4v) is 3.60. The van der Waals surface area contributed by atoms with Crippen LogP contribution in [0.2, 0.25) is 0 Å². The molecule has 1 aromatic heterocycles. The third-order valence-electron chi connectivity index (χ3n) is 2.64. The minimum absolute atomic E-state index is 0.733. The standard InChI is InChI=1S/C12H12Br2IN3/c1-7-12(14)11(18(2)17-7)6-16-10-4-3-8(15)5-9(10)13/h3-5,16H,6H2,1-2H3. The minimum atomic E-state index is 0.733. The highest BCUT2D eigenvalue weighted by atomic mass is 127. The van der Waals surface area contributed by atoms with Crippen molar-refractivity contribution < 1.29 is 0 Å². The average molecular weight is 485 g/mol. The predicted octanol–water partition coefficient (Wildman–Crippen LogP) is 4.47. The van der Waals surface area contributed by atoms with Crippen LogP contribution in [0.1, 0.15) is 11.4 Å². The first kappa shape index (κ1) is 14.3. The normalized spacial score (nSPS) is 10.7. The number of aromatic nitrogens is 2. The van der Waals surface area contributed by atoms with Crippen LogP contribution in [0, 0.1) is 10.5 Å². The lowest BCUT2D eigenvalue weighted by Crippen LogP contribution is -2.06. The number of halogens is 3. The Morgan fingerprint density at radius 3 is 2.67 bits per heavy atom. The van der Waals surface area contributed by atoms with Crippen molar-refractivity contribution in [2.75, 3.05) is 5.32 Å². The summed E-state index contributed by atoms with van der Waals surface area (Å²) in [5, 5.41) is 7.79. The molecule has 1 N–H and O–H groups in total. The van der Waals surface area contributed by atoms with Gasteiger partial charge in [-0.05, 0) is 79.6 Å². The molecule has 1 heterocycles. The van der Waals surface area contributed by atoms with Gasteiger partial charge in [-0.2, -0.15) is 5.10 Å². The van der Waals surface area contributed by atoms with E-state index in [2.05, 4.69) is 83.1 Å². The van der Waals surface area contributed by atoms with Gasteiger partial charge < -0.3 is 5.32 Å². The Hall–Kier alpha value is -0.0800. The molecular formula is C12H12Br2IN3. The van der Waals surface area contributed by atoms with Crippen molar-refractivity contribution in [2.45, 2.75) is 13.5 Å². The molecule has 0 atom stereocenters. The summed E-state index contributed by atoms with van der Waals surface area (Å²) in [7, 11) is 1.96. The number of anilines is 1. The van der Waals surface area contributed by atoms with Gasteiger partial charge in [0, 0.05) is 20.8 Å². The summed E-state index contributed by atoms with van der Waals surface area (Å²) in [6.07, 6.45) is 0. The summed E-state index contributed by atoms with van der Waals surface area (Å²) in [5.41, 5.74) is 3.23. The van der Waals surface area contributed by atoms with Crippen LogP contribution in [0.5, 0.6) is 0 Å². The highest BCUT2D eigenvalue weighted by molar-refractivity contribution is 14.1. The Morgan fingerprint density at radius 1 is 1.39 bits per heavy atom. The molecule has 3 nitrogen and oxygen atoms in total. The number of hydrogen-bond acceptors (Lipinski definition) is 2. The summed E-state index contributed by atoms with van der Waals surface area (Å²) in [6.45, 7) is 2.73. The zero-order chi connectivity index (χ0) is 13.3. The molecule has 2 rings (SSSR count). The van der Waals surface area contributed by atoms with Crippen molar-refractivity contribution in [1.29, 1.82) is 0 Å². The molecule has 0 unspecified atom stereocenters. The van der Waals surface area contributed by atoms with Gasteiger partial charge in [0.15, 0.2) is 0 Å². The smallest absolute Gasteiger partial charge is 0.0739 e. The lowest BCUT2D eigenvalue weighted by Gasteiger charge is -2.09. The first-order chi connectivity index (χ1) is 8.49. The second-order valence-electron chi connectivity index (χ2n) is 3.95.